The summed E-state index contributed by atoms with van der Waals surface area (Å²) < 4.78 is 36.0. The Morgan fingerprint density at radius 1 is 1.22 bits per heavy atom. The van der Waals surface area contributed by atoms with Gasteiger partial charge in [-0.1, -0.05) is 0 Å². The highest BCUT2D eigenvalue weighted by Gasteiger charge is 2.24. The number of piperazine rings is 1. The molecule has 1 aliphatic heterocycles. The largest absolute Gasteiger partial charge is 0.497 e. The van der Waals surface area contributed by atoms with Crippen molar-refractivity contribution in [2.45, 2.75) is 12.6 Å². The molecule has 1 N–H and O–H groups in total. The highest BCUT2D eigenvalue weighted by molar-refractivity contribution is 7.88. The SMILES string of the molecule is COc1ccc(OC[C@@H](O)CN(C)C)c(CN2CCN(S(C)(=O)=O)CC2)c1. The summed E-state index contributed by atoms with van der Waals surface area (Å²) in [6.07, 6.45) is 0.670. The van der Waals surface area contributed by atoms with E-state index < -0.39 is 16.1 Å². The topological polar surface area (TPSA) is 82.6 Å². The molecule has 0 aliphatic carbocycles. The highest BCUT2D eigenvalue weighted by atomic mass is 32.2. The molecule has 9 heteroatoms. The van der Waals surface area contributed by atoms with Crippen LogP contribution in [0.5, 0.6) is 11.5 Å². The van der Waals surface area contributed by atoms with E-state index in [9.17, 15) is 13.5 Å². The van der Waals surface area contributed by atoms with Crippen molar-refractivity contribution in [1.82, 2.24) is 14.1 Å². The van der Waals surface area contributed by atoms with Gasteiger partial charge < -0.3 is 19.5 Å². The molecule has 27 heavy (non-hydrogen) atoms. The standard InChI is InChI=1S/C18H31N3O5S/c1-19(2)13-16(22)14-26-18-6-5-17(25-3)11-15(18)12-20-7-9-21(10-8-20)27(4,23)24/h5-6,11,16,22H,7-10,12-14H2,1-4H3/t16-/m0/s1. The van der Waals surface area contributed by atoms with E-state index in [2.05, 4.69) is 4.90 Å². The van der Waals surface area contributed by atoms with Crippen molar-refractivity contribution in [1.29, 1.82) is 0 Å². The average molecular weight is 402 g/mol. The number of ether oxygens (including phenoxy) is 2. The van der Waals surface area contributed by atoms with Gasteiger partial charge in [-0.3, -0.25) is 4.90 Å². The molecule has 1 atom stereocenters. The van der Waals surface area contributed by atoms with Gasteiger partial charge in [0.15, 0.2) is 0 Å². The number of aliphatic hydroxyl groups excluding tert-OH is 1. The minimum absolute atomic E-state index is 0.208. The summed E-state index contributed by atoms with van der Waals surface area (Å²) in [6, 6.07) is 5.61. The molecule has 1 aliphatic rings. The van der Waals surface area contributed by atoms with Crippen LogP contribution in [0.15, 0.2) is 18.2 Å². The number of sulfonamides is 1. The zero-order valence-corrected chi connectivity index (χ0v) is 17.4. The van der Waals surface area contributed by atoms with Crippen molar-refractivity contribution in [2.75, 3.05) is 66.8 Å². The fraction of sp³-hybridized carbons (Fsp3) is 0.667. The summed E-state index contributed by atoms with van der Waals surface area (Å²) in [5.74, 6) is 1.44. The van der Waals surface area contributed by atoms with Crippen molar-refractivity contribution in [3.63, 3.8) is 0 Å². The number of hydrogen-bond acceptors (Lipinski definition) is 7. The summed E-state index contributed by atoms with van der Waals surface area (Å²) in [7, 11) is 2.28. The predicted molar refractivity (Wildman–Crippen MR) is 105 cm³/mol. The first-order chi connectivity index (χ1) is 12.7. The Balaban J connectivity index is 2.02. The van der Waals surface area contributed by atoms with Gasteiger partial charge in [-0.25, -0.2) is 8.42 Å². The first-order valence-electron chi connectivity index (χ1n) is 8.99. The Bertz CT molecular complexity index is 703. The molecule has 0 saturated carbocycles. The number of benzene rings is 1. The summed E-state index contributed by atoms with van der Waals surface area (Å²) >= 11 is 0. The minimum atomic E-state index is -3.14. The zero-order chi connectivity index (χ0) is 20.0. The number of rotatable bonds is 9. The Hall–Kier alpha value is -1.39. The van der Waals surface area contributed by atoms with E-state index >= 15 is 0 Å². The molecule has 154 valence electrons. The van der Waals surface area contributed by atoms with Gasteiger partial charge in [-0.2, -0.15) is 4.31 Å². The molecular weight excluding hydrogens is 370 g/mol. The minimum Gasteiger partial charge on any atom is -0.497 e. The fourth-order valence-corrected chi connectivity index (χ4v) is 3.89. The van der Waals surface area contributed by atoms with Crippen LogP contribution in [0.3, 0.4) is 0 Å². The first-order valence-corrected chi connectivity index (χ1v) is 10.8. The zero-order valence-electron chi connectivity index (χ0n) is 16.6. The second-order valence-corrected chi connectivity index (χ2v) is 9.12. The monoisotopic (exact) mass is 401 g/mol. The van der Waals surface area contributed by atoms with E-state index in [1.807, 2.05) is 37.2 Å². The Labute approximate surface area is 162 Å². The molecule has 8 nitrogen and oxygen atoms in total. The van der Waals surface area contributed by atoms with E-state index in [-0.39, 0.29) is 6.61 Å². The second kappa shape index (κ2) is 9.70. The van der Waals surface area contributed by atoms with Crippen LogP contribution < -0.4 is 9.47 Å². The summed E-state index contributed by atoms with van der Waals surface area (Å²) in [6.45, 7) is 3.66. The number of aliphatic hydroxyl groups is 1. The molecule has 1 heterocycles. The lowest BCUT2D eigenvalue weighted by Gasteiger charge is -2.33. The Kier molecular flexibility index (Phi) is 7.87. The molecule has 0 amide bonds. The number of nitrogens with zero attached hydrogens (tertiary/aromatic N) is 3. The lowest BCUT2D eigenvalue weighted by atomic mass is 10.1. The van der Waals surface area contributed by atoms with Gasteiger partial charge in [0.1, 0.15) is 24.2 Å². The van der Waals surface area contributed by atoms with Crippen LogP contribution in [-0.4, -0.2) is 101 Å². The second-order valence-electron chi connectivity index (χ2n) is 7.14. The van der Waals surface area contributed by atoms with Gasteiger partial charge in [-0.05, 0) is 32.3 Å². The molecule has 1 aromatic rings. The molecule has 0 radical (unpaired) electrons. The van der Waals surface area contributed by atoms with Crippen LogP contribution in [0.1, 0.15) is 5.56 Å². The van der Waals surface area contributed by atoms with E-state index in [1.165, 1.54) is 10.6 Å². The molecule has 0 aromatic heterocycles. The maximum Gasteiger partial charge on any atom is 0.211 e. The van der Waals surface area contributed by atoms with Crippen molar-refractivity contribution in [2.24, 2.45) is 0 Å². The number of methoxy groups -OCH3 is 1. The van der Waals surface area contributed by atoms with Crippen LogP contribution in [0.2, 0.25) is 0 Å². The fourth-order valence-electron chi connectivity index (χ4n) is 3.07. The third-order valence-electron chi connectivity index (χ3n) is 4.47. The third-order valence-corrected chi connectivity index (χ3v) is 5.77. The first kappa shape index (κ1) is 21.9. The summed E-state index contributed by atoms with van der Waals surface area (Å²) in [4.78, 5) is 4.10. The smallest absolute Gasteiger partial charge is 0.211 e. The summed E-state index contributed by atoms with van der Waals surface area (Å²) in [5.41, 5.74) is 0.958. The van der Waals surface area contributed by atoms with E-state index in [0.29, 0.717) is 45.0 Å². The van der Waals surface area contributed by atoms with Crippen LogP contribution in [0.25, 0.3) is 0 Å². The summed E-state index contributed by atoms with van der Waals surface area (Å²) in [5, 5.41) is 10.0. The Morgan fingerprint density at radius 2 is 1.89 bits per heavy atom. The van der Waals surface area contributed by atoms with Gasteiger partial charge in [-0.15, -0.1) is 0 Å². The number of likely N-dealkylation sites (N-methyl/N-ethyl adjacent to an activating group) is 1. The van der Waals surface area contributed by atoms with Crippen molar-refractivity contribution in [3.8, 4) is 11.5 Å². The van der Waals surface area contributed by atoms with Crippen molar-refractivity contribution < 1.29 is 23.0 Å². The van der Waals surface area contributed by atoms with Gasteiger partial charge in [0.05, 0.1) is 13.4 Å². The molecule has 0 spiro atoms. The maximum atomic E-state index is 11.7. The third kappa shape index (κ3) is 6.93. The van der Waals surface area contributed by atoms with Crippen LogP contribution in [0.4, 0.5) is 0 Å². The van der Waals surface area contributed by atoms with E-state index in [4.69, 9.17) is 9.47 Å². The predicted octanol–water partition coefficient (Wildman–Crippen LogP) is 0.0737. The molecule has 1 saturated heterocycles. The average Bonchev–Trinajstić information content (AvgIpc) is 2.59. The van der Waals surface area contributed by atoms with E-state index in [1.54, 1.807) is 7.11 Å². The van der Waals surface area contributed by atoms with Crippen LogP contribution >= 0.6 is 0 Å². The highest BCUT2D eigenvalue weighted by Crippen LogP contribution is 2.26. The van der Waals surface area contributed by atoms with Crippen molar-refractivity contribution >= 4 is 10.0 Å². The lowest BCUT2D eigenvalue weighted by Crippen LogP contribution is -2.47. The quantitative estimate of drug-likeness (QED) is 0.627. The van der Waals surface area contributed by atoms with Gasteiger partial charge >= 0.3 is 0 Å². The molecule has 1 aromatic carbocycles. The molecule has 0 bridgehead atoms. The molecule has 0 unspecified atom stereocenters. The lowest BCUT2D eigenvalue weighted by molar-refractivity contribution is 0.0820. The van der Waals surface area contributed by atoms with E-state index in [0.717, 1.165) is 11.3 Å². The normalized spacial score (nSPS) is 17.9. The van der Waals surface area contributed by atoms with Crippen LogP contribution in [0, 0.1) is 0 Å². The molecule has 1 fully saturated rings. The van der Waals surface area contributed by atoms with Crippen LogP contribution in [-0.2, 0) is 16.6 Å². The molecular formula is C18H31N3O5S. The molecule has 2 rings (SSSR count). The maximum absolute atomic E-state index is 11.7. The number of hydrogen-bond donors (Lipinski definition) is 1. The Morgan fingerprint density at radius 3 is 2.44 bits per heavy atom. The van der Waals surface area contributed by atoms with Crippen molar-refractivity contribution in [3.05, 3.63) is 23.8 Å². The van der Waals surface area contributed by atoms with Gasteiger partial charge in [0.25, 0.3) is 0 Å². The van der Waals surface area contributed by atoms with Gasteiger partial charge in [0.2, 0.25) is 10.0 Å². The van der Waals surface area contributed by atoms with Gasteiger partial charge in [0, 0.05) is 44.8 Å².